The van der Waals surface area contributed by atoms with Crippen LogP contribution in [0.15, 0.2) is 60.4 Å². The van der Waals surface area contributed by atoms with E-state index in [0.717, 1.165) is 36.0 Å². The minimum Gasteiger partial charge on any atom is -0.504 e. The molecule has 0 atom stereocenters. The van der Waals surface area contributed by atoms with Gasteiger partial charge in [-0.25, -0.2) is 0 Å². The smallest absolute Gasteiger partial charge is 0.448 e. The number of aliphatic hydroxyl groups is 1. The van der Waals surface area contributed by atoms with Gasteiger partial charge in [0.25, 0.3) is 0 Å². The molecule has 1 heterocycles. The zero-order valence-corrected chi connectivity index (χ0v) is 34.7. The van der Waals surface area contributed by atoms with Gasteiger partial charge >= 0.3 is 6.18 Å². The summed E-state index contributed by atoms with van der Waals surface area (Å²) in [5, 5.41) is 12.4. The number of benzene rings is 3. The Bertz CT molecular complexity index is 1930. The van der Waals surface area contributed by atoms with E-state index in [1.807, 2.05) is 0 Å². The van der Waals surface area contributed by atoms with Crippen LogP contribution >= 0.6 is 0 Å². The second-order valence-electron chi connectivity index (χ2n) is 17.8. The molecule has 1 radical (unpaired) electrons. The number of halogens is 3. The molecule has 0 saturated heterocycles. The van der Waals surface area contributed by atoms with Crippen molar-refractivity contribution in [3.63, 3.8) is 0 Å². The van der Waals surface area contributed by atoms with Crippen LogP contribution in [0.3, 0.4) is 0 Å². The Kier molecular flexibility index (Phi) is 12.6. The van der Waals surface area contributed by atoms with Gasteiger partial charge in [-0.05, 0) is 90.9 Å². The van der Waals surface area contributed by atoms with E-state index >= 15 is 0 Å². The summed E-state index contributed by atoms with van der Waals surface area (Å²) in [6.07, 6.45) is 3.24. The summed E-state index contributed by atoms with van der Waals surface area (Å²) < 4.78 is 35.7. The molecule has 283 valence electrons. The summed E-state index contributed by atoms with van der Waals surface area (Å²) in [7, 11) is 0. The molecule has 2 saturated carbocycles. The van der Waals surface area contributed by atoms with Gasteiger partial charge in [-0.1, -0.05) is 109 Å². The fourth-order valence-corrected chi connectivity index (χ4v) is 9.03. The van der Waals surface area contributed by atoms with Crippen molar-refractivity contribution in [3.8, 4) is 11.3 Å². The van der Waals surface area contributed by atoms with E-state index < -0.39 is 17.7 Å². The summed E-state index contributed by atoms with van der Waals surface area (Å²) in [5.74, 6) is -2.22. The zero-order valence-electron chi connectivity index (χ0n) is 32.3. The van der Waals surface area contributed by atoms with Gasteiger partial charge in [0.15, 0.2) is 5.78 Å². The third kappa shape index (κ3) is 9.94. The molecular formula is C45H55F3IrNO2-. The van der Waals surface area contributed by atoms with Gasteiger partial charge in [0.1, 0.15) is 0 Å². The molecule has 0 bridgehead atoms. The Balaban J connectivity index is 0.000000320. The number of fused-ring (bicyclic) bond motifs is 2. The van der Waals surface area contributed by atoms with E-state index in [0.29, 0.717) is 35.7 Å². The maximum Gasteiger partial charge on any atom is 0.448 e. The fourth-order valence-electron chi connectivity index (χ4n) is 9.03. The van der Waals surface area contributed by atoms with Crippen molar-refractivity contribution in [1.82, 2.24) is 4.98 Å². The summed E-state index contributed by atoms with van der Waals surface area (Å²) >= 11 is 0. The van der Waals surface area contributed by atoms with Crippen molar-refractivity contribution in [2.24, 2.45) is 16.7 Å². The number of aliphatic hydroxyl groups excluding tert-OH is 1. The largest absolute Gasteiger partial charge is 0.504 e. The Morgan fingerprint density at radius 3 is 2.13 bits per heavy atom. The van der Waals surface area contributed by atoms with E-state index in [9.17, 15) is 18.0 Å². The van der Waals surface area contributed by atoms with Gasteiger partial charge in [0.2, 0.25) is 5.76 Å². The molecule has 2 aliphatic rings. The molecule has 0 unspecified atom stereocenters. The van der Waals surface area contributed by atoms with Crippen LogP contribution in [0.1, 0.15) is 128 Å². The molecular weight excluding hydrogens is 836 g/mol. The molecule has 4 aromatic rings. The van der Waals surface area contributed by atoms with Crippen molar-refractivity contribution in [2.45, 2.75) is 131 Å². The van der Waals surface area contributed by atoms with Crippen LogP contribution in [0.2, 0.25) is 0 Å². The molecule has 3 aromatic carbocycles. The SMILES string of the molecule is Cc1cc(C)c2c(C3CC(C)(C)CC(C)(C)C3)cc(-c3[c-]c4ccccc4c(C(C)(C)C)c3)nc2c1.O=C(/C=C(\O)C(F)(F)F)C1CCCCC1.[Ir]. The molecule has 6 rings (SSSR count). The van der Waals surface area contributed by atoms with Gasteiger partial charge in [0, 0.05) is 43.2 Å². The molecule has 1 aromatic heterocycles. The first-order chi connectivity index (χ1) is 23.6. The number of hydrogen-bond acceptors (Lipinski definition) is 3. The van der Waals surface area contributed by atoms with Crippen LogP contribution in [0.4, 0.5) is 13.2 Å². The normalized spacial score (nSPS) is 18.4. The van der Waals surface area contributed by atoms with Gasteiger partial charge in [0.05, 0.1) is 5.52 Å². The van der Waals surface area contributed by atoms with Crippen molar-refractivity contribution < 1.29 is 43.2 Å². The molecule has 0 amide bonds. The van der Waals surface area contributed by atoms with E-state index in [1.165, 1.54) is 57.7 Å². The second-order valence-corrected chi connectivity index (χ2v) is 17.8. The van der Waals surface area contributed by atoms with Crippen molar-refractivity contribution >= 4 is 27.5 Å². The first-order valence-corrected chi connectivity index (χ1v) is 18.5. The van der Waals surface area contributed by atoms with Crippen molar-refractivity contribution in [3.05, 3.63) is 88.7 Å². The summed E-state index contributed by atoms with van der Waals surface area (Å²) in [6, 6.07) is 21.8. The number of pyridine rings is 1. The van der Waals surface area contributed by atoms with Gasteiger partial charge in [-0.15, -0.1) is 29.1 Å². The number of carbonyl (C=O) groups excluding carboxylic acids is 1. The van der Waals surface area contributed by atoms with E-state index in [2.05, 4.69) is 117 Å². The number of carbonyl (C=O) groups is 1. The van der Waals surface area contributed by atoms with Crippen LogP contribution in [-0.2, 0) is 30.3 Å². The maximum absolute atomic E-state index is 11.9. The molecule has 2 fully saturated rings. The standard InChI is InChI=1S/C35H42N.C10H13F3O2.Ir/c1-22-14-23(2)32-28(26-19-34(6,7)21-35(8,9)20-26)18-30(36-31(32)15-22)25-16-24-12-10-11-13-27(24)29(17-25)33(3,4)5;11-10(12,13)9(15)6-8(14)7-4-2-1-3-5-7;/h10-15,17-18,26H,19-21H2,1-9H3;6-7,15H,1-5H2;/q-1;;/b;9-6-;. The third-order valence-electron chi connectivity index (χ3n) is 10.7. The Hall–Kier alpha value is -3.02. The Morgan fingerprint density at radius 2 is 1.54 bits per heavy atom. The predicted octanol–water partition coefficient (Wildman–Crippen LogP) is 13.2. The minimum absolute atomic E-state index is 0. The molecule has 2 aliphatic carbocycles. The number of ketones is 1. The third-order valence-corrected chi connectivity index (χ3v) is 10.7. The quantitative estimate of drug-likeness (QED) is 0.126. The minimum atomic E-state index is -4.82. The molecule has 0 spiro atoms. The van der Waals surface area contributed by atoms with Crippen molar-refractivity contribution in [2.75, 3.05) is 0 Å². The van der Waals surface area contributed by atoms with E-state index in [1.54, 1.807) is 0 Å². The van der Waals surface area contributed by atoms with Gasteiger partial charge in [-0.3, -0.25) is 9.78 Å². The van der Waals surface area contributed by atoms with E-state index in [-0.39, 0.29) is 31.4 Å². The number of aryl methyl sites for hydroxylation is 2. The molecule has 52 heavy (non-hydrogen) atoms. The number of rotatable bonds is 4. The molecule has 3 nitrogen and oxygen atoms in total. The van der Waals surface area contributed by atoms with Crippen LogP contribution in [0.25, 0.3) is 32.9 Å². The van der Waals surface area contributed by atoms with E-state index in [4.69, 9.17) is 10.1 Å². The van der Waals surface area contributed by atoms with Gasteiger partial charge < -0.3 is 5.11 Å². The summed E-state index contributed by atoms with van der Waals surface area (Å²) in [5.41, 5.74) is 9.44. The first kappa shape index (κ1) is 41.7. The Morgan fingerprint density at radius 1 is 0.923 bits per heavy atom. The summed E-state index contributed by atoms with van der Waals surface area (Å²) in [4.78, 5) is 16.6. The second kappa shape index (κ2) is 15.8. The number of allylic oxidation sites excluding steroid dienone is 2. The Labute approximate surface area is 322 Å². The number of nitrogens with zero attached hydrogens (tertiary/aromatic N) is 1. The predicted molar refractivity (Wildman–Crippen MR) is 204 cm³/mol. The molecule has 1 N–H and O–H groups in total. The van der Waals surface area contributed by atoms with Crippen LogP contribution in [-0.4, -0.2) is 22.1 Å². The fraction of sp³-hybridized carbons (Fsp3) is 0.511. The van der Waals surface area contributed by atoms with Crippen LogP contribution in [0, 0.1) is 36.7 Å². The monoisotopic (exact) mass is 891 g/mol. The molecule has 0 aliphatic heterocycles. The van der Waals surface area contributed by atoms with Gasteiger partial charge in [-0.2, -0.15) is 13.2 Å². The molecule has 7 heteroatoms. The summed E-state index contributed by atoms with van der Waals surface area (Å²) in [6.45, 7) is 21.2. The number of hydrogen-bond donors (Lipinski definition) is 1. The average Bonchev–Trinajstić information content (AvgIpc) is 3.01. The van der Waals surface area contributed by atoms with Crippen LogP contribution < -0.4 is 0 Å². The zero-order chi connectivity index (χ0) is 37.5. The average molecular weight is 891 g/mol. The topological polar surface area (TPSA) is 50.2 Å². The number of aromatic nitrogens is 1. The number of alkyl halides is 3. The maximum atomic E-state index is 11.9. The van der Waals surface area contributed by atoms with Crippen molar-refractivity contribution in [1.29, 1.82) is 0 Å². The van der Waals surface area contributed by atoms with Crippen LogP contribution in [0.5, 0.6) is 0 Å². The first-order valence-electron chi connectivity index (χ1n) is 18.5.